The summed E-state index contributed by atoms with van der Waals surface area (Å²) >= 11 is 0. The molecule has 1 aromatic carbocycles. The summed E-state index contributed by atoms with van der Waals surface area (Å²) < 4.78 is 8.98. The molecule has 5 saturated heterocycles. The fourth-order valence-electron chi connectivity index (χ4n) is 8.46. The Kier molecular flexibility index (Phi) is 8.23. The maximum atomic E-state index is 13.3. The van der Waals surface area contributed by atoms with Gasteiger partial charge in [0.25, 0.3) is 0 Å². The van der Waals surface area contributed by atoms with Crippen LogP contribution in [0.1, 0.15) is 63.0 Å². The van der Waals surface area contributed by atoms with Crippen molar-refractivity contribution in [2.24, 2.45) is 7.05 Å². The van der Waals surface area contributed by atoms with Crippen molar-refractivity contribution >= 4 is 28.9 Å². The number of nitrogens with zero attached hydrogens (tertiary/aromatic N) is 6. The molecule has 3 atom stereocenters. The molecule has 7 rings (SSSR count). The van der Waals surface area contributed by atoms with Gasteiger partial charge in [-0.2, -0.15) is 0 Å². The molecule has 0 spiro atoms. The van der Waals surface area contributed by atoms with E-state index in [1.165, 1.54) is 19.3 Å². The minimum atomic E-state index is -0.680. The van der Waals surface area contributed by atoms with Gasteiger partial charge in [-0.05, 0) is 63.1 Å². The Morgan fingerprint density at radius 3 is 2.48 bits per heavy atom. The quantitative estimate of drug-likeness (QED) is 0.494. The SMILES string of the molecule is Cn1c(=O)n(C2CCC(=O)NC2=O)c2cccc(CN3CCN(C4CCN(C(=O)OCC5CCC6CCCN65)CC4)CC3)c21. The van der Waals surface area contributed by atoms with Crippen molar-refractivity contribution in [3.8, 4) is 0 Å². The first-order valence-corrected chi connectivity index (χ1v) is 16.5. The predicted molar refractivity (Wildman–Crippen MR) is 164 cm³/mol. The van der Waals surface area contributed by atoms with Gasteiger partial charge in [0.05, 0.1) is 11.0 Å². The van der Waals surface area contributed by atoms with Gasteiger partial charge in [0.2, 0.25) is 11.8 Å². The number of carbonyl (C=O) groups is 3. The van der Waals surface area contributed by atoms with Gasteiger partial charge < -0.3 is 9.64 Å². The van der Waals surface area contributed by atoms with Crippen LogP contribution < -0.4 is 11.0 Å². The van der Waals surface area contributed by atoms with Crippen molar-refractivity contribution in [2.45, 2.75) is 82.1 Å². The van der Waals surface area contributed by atoms with Crippen LogP contribution in [0.3, 0.4) is 0 Å². The zero-order valence-electron chi connectivity index (χ0n) is 25.8. The number of aromatic nitrogens is 2. The predicted octanol–water partition coefficient (Wildman–Crippen LogP) is 1.66. The molecule has 0 radical (unpaired) electrons. The van der Waals surface area contributed by atoms with Crippen molar-refractivity contribution in [2.75, 3.05) is 52.4 Å². The second-order valence-corrected chi connectivity index (χ2v) is 13.3. The third kappa shape index (κ3) is 5.56. The van der Waals surface area contributed by atoms with E-state index < -0.39 is 11.9 Å². The molecule has 3 amide bonds. The smallest absolute Gasteiger partial charge is 0.409 e. The van der Waals surface area contributed by atoms with Crippen LogP contribution in [0.15, 0.2) is 23.0 Å². The van der Waals surface area contributed by atoms with Crippen LogP contribution in [0.5, 0.6) is 0 Å². The minimum Gasteiger partial charge on any atom is -0.448 e. The zero-order chi connectivity index (χ0) is 30.4. The van der Waals surface area contributed by atoms with Crippen molar-refractivity contribution in [3.63, 3.8) is 0 Å². The molecule has 5 aliphatic heterocycles. The second kappa shape index (κ2) is 12.3. The monoisotopic (exact) mass is 607 g/mol. The van der Waals surface area contributed by atoms with Crippen LogP contribution in [0.25, 0.3) is 11.0 Å². The lowest BCUT2D eigenvalue weighted by molar-refractivity contribution is -0.135. The fourth-order valence-corrected chi connectivity index (χ4v) is 8.46. The number of amides is 3. The first kappa shape index (κ1) is 29.5. The van der Waals surface area contributed by atoms with Gasteiger partial charge in [-0.1, -0.05) is 12.1 Å². The maximum absolute atomic E-state index is 13.3. The molecule has 44 heavy (non-hydrogen) atoms. The molecule has 3 unspecified atom stereocenters. The Labute approximate surface area is 257 Å². The Balaban J connectivity index is 0.911. The summed E-state index contributed by atoms with van der Waals surface area (Å²) in [6, 6.07) is 6.82. The van der Waals surface area contributed by atoms with Crippen molar-refractivity contribution in [3.05, 3.63) is 34.2 Å². The summed E-state index contributed by atoms with van der Waals surface area (Å²) in [5.41, 5.74) is 2.40. The number of hydrogen-bond donors (Lipinski definition) is 1. The lowest BCUT2D eigenvalue weighted by atomic mass is 10.0. The third-order valence-electron chi connectivity index (χ3n) is 10.9. The molecule has 12 heteroatoms. The normalized spacial score (nSPS) is 27.7. The summed E-state index contributed by atoms with van der Waals surface area (Å²) in [6.45, 7) is 7.71. The molecular weight excluding hydrogens is 562 g/mol. The molecule has 0 bridgehead atoms. The number of para-hydroxylation sites is 1. The topological polar surface area (TPSA) is 112 Å². The lowest BCUT2D eigenvalue weighted by Gasteiger charge is -2.42. The number of ether oxygens (including phenoxy) is 1. The van der Waals surface area contributed by atoms with Gasteiger partial charge in [-0.3, -0.25) is 38.7 Å². The van der Waals surface area contributed by atoms with E-state index >= 15 is 0 Å². The molecule has 238 valence electrons. The highest BCUT2D eigenvalue weighted by molar-refractivity contribution is 6.00. The molecule has 5 aliphatic rings. The van der Waals surface area contributed by atoms with E-state index in [-0.39, 0.29) is 24.1 Å². The van der Waals surface area contributed by atoms with Crippen LogP contribution in [0, 0.1) is 0 Å². The number of rotatable bonds is 6. The minimum absolute atomic E-state index is 0.147. The summed E-state index contributed by atoms with van der Waals surface area (Å²) in [7, 11) is 1.76. The van der Waals surface area contributed by atoms with Gasteiger partial charge in [0, 0.05) is 77.4 Å². The summed E-state index contributed by atoms with van der Waals surface area (Å²) in [6.07, 6.45) is 7.32. The first-order valence-electron chi connectivity index (χ1n) is 16.5. The number of hydrogen-bond acceptors (Lipinski definition) is 8. The Morgan fingerprint density at radius 1 is 0.909 bits per heavy atom. The number of nitrogens with one attached hydrogen (secondary N) is 1. The highest BCUT2D eigenvalue weighted by Crippen LogP contribution is 2.33. The number of carbonyl (C=O) groups excluding carboxylic acids is 3. The van der Waals surface area contributed by atoms with E-state index in [9.17, 15) is 19.2 Å². The average molecular weight is 608 g/mol. The molecule has 1 N–H and O–H groups in total. The van der Waals surface area contributed by atoms with Gasteiger partial charge in [-0.15, -0.1) is 0 Å². The van der Waals surface area contributed by atoms with Crippen LogP contribution >= 0.6 is 0 Å². The molecule has 12 nitrogen and oxygen atoms in total. The van der Waals surface area contributed by atoms with Gasteiger partial charge in [0.1, 0.15) is 12.6 Å². The van der Waals surface area contributed by atoms with Crippen molar-refractivity contribution in [1.29, 1.82) is 0 Å². The molecule has 6 heterocycles. The van der Waals surface area contributed by atoms with Crippen molar-refractivity contribution in [1.82, 2.24) is 34.1 Å². The number of benzene rings is 1. The van der Waals surface area contributed by atoms with Gasteiger partial charge in [0.15, 0.2) is 0 Å². The molecule has 1 aromatic heterocycles. The number of piperidine rings is 2. The van der Waals surface area contributed by atoms with E-state index in [0.717, 1.165) is 88.2 Å². The number of likely N-dealkylation sites (tertiary alicyclic amines) is 1. The summed E-state index contributed by atoms with van der Waals surface area (Å²) in [5, 5.41) is 2.38. The highest BCUT2D eigenvalue weighted by Gasteiger charge is 2.38. The molecular formula is C32H45N7O5. The highest BCUT2D eigenvalue weighted by atomic mass is 16.6. The molecule has 5 fully saturated rings. The number of aryl methyl sites for hydroxylation is 1. The van der Waals surface area contributed by atoms with E-state index in [1.54, 1.807) is 16.2 Å². The maximum Gasteiger partial charge on any atom is 0.409 e. The molecule has 0 aliphatic carbocycles. The average Bonchev–Trinajstić information content (AvgIpc) is 3.72. The van der Waals surface area contributed by atoms with E-state index in [2.05, 4.69) is 26.1 Å². The number of imide groups is 1. The summed E-state index contributed by atoms with van der Waals surface area (Å²) in [4.78, 5) is 59.8. The number of imidazole rings is 1. The van der Waals surface area contributed by atoms with E-state index in [0.29, 0.717) is 31.2 Å². The van der Waals surface area contributed by atoms with Gasteiger partial charge >= 0.3 is 11.8 Å². The Hall–Kier alpha value is -3.22. The lowest BCUT2D eigenvalue weighted by Crippen LogP contribution is -2.53. The number of piperazine rings is 1. The van der Waals surface area contributed by atoms with E-state index in [1.807, 2.05) is 17.0 Å². The largest absolute Gasteiger partial charge is 0.448 e. The van der Waals surface area contributed by atoms with Gasteiger partial charge in [-0.25, -0.2) is 9.59 Å². The second-order valence-electron chi connectivity index (χ2n) is 13.3. The standard InChI is InChI=1S/C32H45N7O5/c1-34-29-22(4-2-6-26(29)39(31(34)42)27-9-10-28(40)33-30(27)41)20-35-16-18-36(19-17-35)23-11-14-37(15-12-23)32(43)44-21-25-8-7-24-5-3-13-38(24)25/h2,4,6,23-25,27H,3,5,7-21H2,1H3,(H,33,40,41). The van der Waals surface area contributed by atoms with Crippen LogP contribution in [-0.4, -0.2) is 117 Å². The first-order chi connectivity index (χ1) is 21.4. The van der Waals surface area contributed by atoms with Crippen LogP contribution in [0.4, 0.5) is 4.79 Å². The Bertz CT molecular complexity index is 1470. The summed E-state index contributed by atoms with van der Waals surface area (Å²) in [5.74, 6) is -0.702. The van der Waals surface area contributed by atoms with Crippen molar-refractivity contribution < 1.29 is 19.1 Å². The van der Waals surface area contributed by atoms with E-state index in [4.69, 9.17) is 4.74 Å². The Morgan fingerprint density at radius 2 is 1.70 bits per heavy atom. The zero-order valence-corrected chi connectivity index (χ0v) is 25.8. The van der Waals surface area contributed by atoms with Crippen LogP contribution in [0.2, 0.25) is 0 Å². The third-order valence-corrected chi connectivity index (χ3v) is 10.9. The van der Waals surface area contributed by atoms with Crippen LogP contribution in [-0.2, 0) is 27.9 Å². The fraction of sp³-hybridized carbons (Fsp3) is 0.688. The number of fused-ring (bicyclic) bond motifs is 2. The molecule has 2 aromatic rings. The molecule has 0 saturated carbocycles.